The number of morpholine rings is 1. The Labute approximate surface area is 98.9 Å². The summed E-state index contributed by atoms with van der Waals surface area (Å²) < 4.78 is 31.5. The molecule has 0 aromatic heterocycles. The highest BCUT2D eigenvalue weighted by molar-refractivity contribution is 5.22. The summed E-state index contributed by atoms with van der Waals surface area (Å²) in [5.41, 5.74) is 6.26. The number of ether oxygens (including phenoxy) is 1. The van der Waals surface area contributed by atoms with E-state index >= 15 is 0 Å². The Morgan fingerprint density at radius 2 is 2.29 bits per heavy atom. The molecule has 0 aliphatic carbocycles. The Bertz CT molecular complexity index is 381. The molecule has 0 saturated carbocycles. The topological polar surface area (TPSA) is 47.3 Å². The maximum Gasteiger partial charge on any atom is 0.130 e. The predicted octanol–water partition coefficient (Wildman–Crippen LogP) is 1.34. The Morgan fingerprint density at radius 1 is 1.47 bits per heavy atom. The van der Waals surface area contributed by atoms with Crippen molar-refractivity contribution >= 4 is 0 Å². The van der Waals surface area contributed by atoms with Crippen LogP contribution in [0.4, 0.5) is 8.78 Å². The van der Waals surface area contributed by atoms with Gasteiger partial charge in [-0.15, -0.1) is 0 Å². The molecule has 1 aliphatic rings. The van der Waals surface area contributed by atoms with E-state index in [1.807, 2.05) is 0 Å². The molecule has 2 unspecified atom stereocenters. The summed E-state index contributed by atoms with van der Waals surface area (Å²) in [6.07, 6.45) is 0.572. The molecule has 5 heteroatoms. The third-order valence-corrected chi connectivity index (χ3v) is 2.90. The number of nitrogens with one attached hydrogen (secondary N) is 1. The molecule has 3 N–H and O–H groups in total. The largest absolute Gasteiger partial charge is 0.379 e. The Morgan fingerprint density at radius 3 is 2.94 bits per heavy atom. The molecule has 1 aromatic carbocycles. The summed E-state index contributed by atoms with van der Waals surface area (Å²) in [7, 11) is 0. The van der Waals surface area contributed by atoms with Crippen molar-refractivity contribution in [3.8, 4) is 0 Å². The summed E-state index contributed by atoms with van der Waals surface area (Å²) in [5.74, 6) is -1.17. The zero-order chi connectivity index (χ0) is 12.3. The van der Waals surface area contributed by atoms with Crippen LogP contribution in [0.3, 0.4) is 0 Å². The number of halogens is 2. The maximum absolute atomic E-state index is 13.5. The number of nitrogens with two attached hydrogens (primary N) is 1. The lowest BCUT2D eigenvalue weighted by Gasteiger charge is -2.26. The molecule has 1 heterocycles. The number of hydrogen-bond donors (Lipinski definition) is 2. The summed E-state index contributed by atoms with van der Waals surface area (Å²) in [5, 5.41) is 3.25. The van der Waals surface area contributed by atoms with Gasteiger partial charge in [0.15, 0.2) is 0 Å². The van der Waals surface area contributed by atoms with Gasteiger partial charge < -0.3 is 15.8 Å². The highest BCUT2D eigenvalue weighted by Gasteiger charge is 2.19. The van der Waals surface area contributed by atoms with Crippen LogP contribution in [0.15, 0.2) is 18.2 Å². The second-order valence-corrected chi connectivity index (χ2v) is 4.23. The first-order valence-electron chi connectivity index (χ1n) is 5.68. The Balaban J connectivity index is 2.00. The van der Waals surface area contributed by atoms with Crippen LogP contribution < -0.4 is 11.1 Å². The number of hydrogen-bond acceptors (Lipinski definition) is 3. The zero-order valence-electron chi connectivity index (χ0n) is 9.46. The van der Waals surface area contributed by atoms with Crippen molar-refractivity contribution in [3.63, 3.8) is 0 Å². The zero-order valence-corrected chi connectivity index (χ0v) is 9.46. The van der Waals surface area contributed by atoms with Crippen LogP contribution in [-0.4, -0.2) is 25.8 Å². The van der Waals surface area contributed by atoms with Gasteiger partial charge in [-0.1, -0.05) is 6.07 Å². The molecule has 2 atom stereocenters. The van der Waals surface area contributed by atoms with Gasteiger partial charge in [-0.05, 0) is 12.5 Å². The van der Waals surface area contributed by atoms with Crippen molar-refractivity contribution in [3.05, 3.63) is 35.4 Å². The van der Waals surface area contributed by atoms with E-state index in [1.54, 1.807) is 0 Å². The predicted molar refractivity (Wildman–Crippen MR) is 60.5 cm³/mol. The van der Waals surface area contributed by atoms with E-state index in [0.29, 0.717) is 25.2 Å². The van der Waals surface area contributed by atoms with Gasteiger partial charge in [-0.3, -0.25) is 0 Å². The minimum atomic E-state index is -0.589. The molecule has 3 nitrogen and oxygen atoms in total. The van der Waals surface area contributed by atoms with Crippen molar-refractivity contribution < 1.29 is 13.5 Å². The maximum atomic E-state index is 13.5. The summed E-state index contributed by atoms with van der Waals surface area (Å²) in [4.78, 5) is 0. The van der Waals surface area contributed by atoms with Crippen LogP contribution in [0.1, 0.15) is 18.0 Å². The first kappa shape index (κ1) is 12.4. The van der Waals surface area contributed by atoms with Gasteiger partial charge >= 0.3 is 0 Å². The molecular formula is C12H16F2N2O. The molecule has 1 fully saturated rings. The van der Waals surface area contributed by atoms with Crippen LogP contribution >= 0.6 is 0 Å². The smallest absolute Gasteiger partial charge is 0.130 e. The Hall–Kier alpha value is -1.04. The quantitative estimate of drug-likeness (QED) is 0.841. The summed E-state index contributed by atoms with van der Waals surface area (Å²) in [6, 6.07) is 3.17. The second-order valence-electron chi connectivity index (χ2n) is 4.23. The lowest BCUT2D eigenvalue weighted by Crippen LogP contribution is -2.42. The van der Waals surface area contributed by atoms with E-state index < -0.39 is 17.7 Å². The standard InChI is InChI=1S/C12H16F2N2O/c13-8-1-2-10(11(14)5-8)12(15)6-9-7-17-4-3-16-9/h1-2,5,9,12,16H,3-4,6-7,15H2. The SMILES string of the molecule is NC(CC1COCCN1)c1ccc(F)cc1F. The van der Waals surface area contributed by atoms with Gasteiger partial charge in [-0.25, -0.2) is 8.78 Å². The lowest BCUT2D eigenvalue weighted by atomic mass is 9.99. The van der Waals surface area contributed by atoms with E-state index in [0.717, 1.165) is 12.6 Å². The van der Waals surface area contributed by atoms with Crippen LogP contribution in [0, 0.1) is 11.6 Å². The van der Waals surface area contributed by atoms with Gasteiger partial charge in [-0.2, -0.15) is 0 Å². The first-order chi connectivity index (χ1) is 8.16. The van der Waals surface area contributed by atoms with Crippen LogP contribution in [0.2, 0.25) is 0 Å². The minimum absolute atomic E-state index is 0.128. The average Bonchev–Trinajstić information content (AvgIpc) is 2.30. The number of rotatable bonds is 3. The average molecular weight is 242 g/mol. The molecule has 2 rings (SSSR count). The molecule has 1 aliphatic heterocycles. The second kappa shape index (κ2) is 5.53. The van der Waals surface area contributed by atoms with Crippen LogP contribution in [0.25, 0.3) is 0 Å². The molecule has 0 bridgehead atoms. The highest BCUT2D eigenvalue weighted by Crippen LogP contribution is 2.20. The van der Waals surface area contributed by atoms with Gasteiger partial charge in [0, 0.05) is 30.3 Å². The molecule has 0 spiro atoms. The van der Waals surface area contributed by atoms with Crippen molar-refractivity contribution in [2.45, 2.75) is 18.5 Å². The highest BCUT2D eigenvalue weighted by atomic mass is 19.1. The van der Waals surface area contributed by atoms with E-state index in [1.165, 1.54) is 12.1 Å². The normalized spacial score (nSPS) is 22.4. The number of benzene rings is 1. The monoisotopic (exact) mass is 242 g/mol. The fourth-order valence-corrected chi connectivity index (χ4v) is 2.01. The first-order valence-corrected chi connectivity index (χ1v) is 5.68. The lowest BCUT2D eigenvalue weighted by molar-refractivity contribution is 0.0718. The third kappa shape index (κ3) is 3.21. The van der Waals surface area contributed by atoms with Crippen molar-refractivity contribution in [1.29, 1.82) is 0 Å². The van der Waals surface area contributed by atoms with Gasteiger partial charge in [0.1, 0.15) is 11.6 Å². The van der Waals surface area contributed by atoms with E-state index in [9.17, 15) is 8.78 Å². The van der Waals surface area contributed by atoms with E-state index in [2.05, 4.69) is 5.32 Å². The van der Waals surface area contributed by atoms with Gasteiger partial charge in [0.05, 0.1) is 13.2 Å². The summed E-state index contributed by atoms with van der Waals surface area (Å²) >= 11 is 0. The van der Waals surface area contributed by atoms with Crippen LogP contribution in [-0.2, 0) is 4.74 Å². The fourth-order valence-electron chi connectivity index (χ4n) is 2.01. The molecule has 1 aromatic rings. The van der Waals surface area contributed by atoms with Crippen molar-refractivity contribution in [2.75, 3.05) is 19.8 Å². The van der Waals surface area contributed by atoms with E-state index in [4.69, 9.17) is 10.5 Å². The third-order valence-electron chi connectivity index (χ3n) is 2.90. The van der Waals surface area contributed by atoms with Crippen molar-refractivity contribution in [1.82, 2.24) is 5.32 Å². The fraction of sp³-hybridized carbons (Fsp3) is 0.500. The molecular weight excluding hydrogens is 226 g/mol. The summed E-state index contributed by atoms with van der Waals surface area (Å²) in [6.45, 7) is 2.05. The molecule has 0 amide bonds. The molecule has 0 radical (unpaired) electrons. The molecule has 94 valence electrons. The molecule has 17 heavy (non-hydrogen) atoms. The minimum Gasteiger partial charge on any atom is -0.379 e. The van der Waals surface area contributed by atoms with Crippen LogP contribution in [0.5, 0.6) is 0 Å². The van der Waals surface area contributed by atoms with Gasteiger partial charge in [0.2, 0.25) is 0 Å². The van der Waals surface area contributed by atoms with E-state index in [-0.39, 0.29) is 6.04 Å². The van der Waals surface area contributed by atoms with Gasteiger partial charge in [0.25, 0.3) is 0 Å². The molecule has 1 saturated heterocycles. The Kier molecular flexibility index (Phi) is 4.04. The van der Waals surface area contributed by atoms with Crippen molar-refractivity contribution in [2.24, 2.45) is 5.73 Å².